The first-order valence-corrected chi connectivity index (χ1v) is 10.5. The first-order valence-electron chi connectivity index (χ1n) is 10.5. The predicted octanol–water partition coefficient (Wildman–Crippen LogP) is 1.25. The van der Waals surface area contributed by atoms with Crippen molar-refractivity contribution in [3.63, 3.8) is 0 Å². The molecular formula is C20H33N5O2. The van der Waals surface area contributed by atoms with Crippen molar-refractivity contribution in [2.24, 2.45) is 5.92 Å². The third-order valence-corrected chi connectivity index (χ3v) is 6.33. The summed E-state index contributed by atoms with van der Waals surface area (Å²) in [6, 6.07) is 0.625. The molecule has 4 rings (SSSR count). The molecule has 4 heterocycles. The van der Waals surface area contributed by atoms with Gasteiger partial charge in [-0.25, -0.2) is 4.98 Å². The van der Waals surface area contributed by atoms with Gasteiger partial charge in [-0.2, -0.15) is 0 Å². The average molecular weight is 376 g/mol. The fourth-order valence-corrected chi connectivity index (χ4v) is 4.78. The highest BCUT2D eigenvalue weighted by molar-refractivity contribution is 5.79. The highest BCUT2D eigenvalue weighted by Gasteiger charge is 2.33. The molecule has 0 aromatic carbocycles. The number of H-pyrrole nitrogens is 1. The van der Waals surface area contributed by atoms with E-state index in [0.717, 1.165) is 70.2 Å². The van der Waals surface area contributed by atoms with Gasteiger partial charge in [0.1, 0.15) is 5.82 Å². The first kappa shape index (κ1) is 18.9. The maximum Gasteiger partial charge on any atom is 0.227 e. The summed E-state index contributed by atoms with van der Waals surface area (Å²) >= 11 is 0. The van der Waals surface area contributed by atoms with Crippen molar-refractivity contribution < 1.29 is 9.53 Å². The van der Waals surface area contributed by atoms with E-state index in [1.807, 2.05) is 18.0 Å². The van der Waals surface area contributed by atoms with Crippen LogP contribution in [-0.4, -0.2) is 89.1 Å². The number of hydrogen-bond acceptors (Lipinski definition) is 5. The number of morpholine rings is 1. The van der Waals surface area contributed by atoms with Crippen molar-refractivity contribution in [1.29, 1.82) is 0 Å². The third-order valence-electron chi connectivity index (χ3n) is 6.33. The number of carbonyl (C=O) groups is 1. The number of likely N-dealkylation sites (tertiary alicyclic amines) is 2. The molecule has 0 unspecified atom stereocenters. The Hall–Kier alpha value is -1.44. The summed E-state index contributed by atoms with van der Waals surface area (Å²) in [6.07, 6.45) is 6.48. The maximum absolute atomic E-state index is 12.9. The molecule has 3 saturated heterocycles. The van der Waals surface area contributed by atoms with E-state index in [1.165, 1.54) is 12.8 Å². The van der Waals surface area contributed by atoms with Crippen LogP contribution in [0.4, 0.5) is 0 Å². The van der Waals surface area contributed by atoms with Crippen molar-refractivity contribution in [3.05, 3.63) is 17.7 Å². The van der Waals surface area contributed by atoms with Crippen molar-refractivity contribution in [1.82, 2.24) is 24.7 Å². The average Bonchev–Trinajstić information content (AvgIpc) is 3.13. The van der Waals surface area contributed by atoms with Gasteiger partial charge in [0.2, 0.25) is 5.91 Å². The number of rotatable bonds is 4. The quantitative estimate of drug-likeness (QED) is 0.858. The Labute approximate surface area is 162 Å². The minimum atomic E-state index is 0.181. The van der Waals surface area contributed by atoms with Gasteiger partial charge in [0, 0.05) is 50.7 Å². The Morgan fingerprint density at radius 1 is 1.19 bits per heavy atom. The summed E-state index contributed by atoms with van der Waals surface area (Å²) < 4.78 is 5.39. The van der Waals surface area contributed by atoms with Gasteiger partial charge in [-0.3, -0.25) is 14.6 Å². The Morgan fingerprint density at radius 3 is 2.67 bits per heavy atom. The molecule has 0 aliphatic carbocycles. The number of nitrogens with one attached hydrogen (secondary N) is 1. The Balaban J connectivity index is 1.26. The van der Waals surface area contributed by atoms with Crippen molar-refractivity contribution in [2.45, 2.75) is 45.2 Å². The van der Waals surface area contributed by atoms with E-state index in [9.17, 15) is 4.79 Å². The molecule has 3 aliphatic rings. The van der Waals surface area contributed by atoms with Crippen LogP contribution in [0.1, 0.15) is 37.2 Å². The molecule has 0 saturated carbocycles. The molecule has 3 fully saturated rings. The van der Waals surface area contributed by atoms with Crippen LogP contribution in [0, 0.1) is 12.8 Å². The lowest BCUT2D eigenvalue weighted by molar-refractivity contribution is -0.142. The number of carbonyl (C=O) groups excluding carboxylic acids is 1. The molecule has 0 spiro atoms. The normalized spacial score (nSPS) is 26.4. The lowest BCUT2D eigenvalue weighted by atomic mass is 9.92. The van der Waals surface area contributed by atoms with Crippen LogP contribution in [0.25, 0.3) is 0 Å². The maximum atomic E-state index is 12.9. The number of piperidine rings is 2. The van der Waals surface area contributed by atoms with E-state index in [-0.39, 0.29) is 5.92 Å². The van der Waals surface area contributed by atoms with E-state index in [0.29, 0.717) is 25.2 Å². The summed E-state index contributed by atoms with van der Waals surface area (Å²) in [5.41, 5.74) is 1.13. The monoisotopic (exact) mass is 375 g/mol. The third kappa shape index (κ3) is 4.70. The molecule has 1 atom stereocenters. The number of hydrogen-bond donors (Lipinski definition) is 1. The Bertz CT molecular complexity index is 620. The second-order valence-electron chi connectivity index (χ2n) is 8.29. The second kappa shape index (κ2) is 8.71. The van der Waals surface area contributed by atoms with Crippen LogP contribution in [0.5, 0.6) is 0 Å². The standard InChI is InChI=1S/C20H33N5O2/c1-16-13-21-19(22-16)15-23-7-4-18(5-8-23)25-6-2-3-17(14-25)20(26)24-9-11-27-12-10-24/h13,17-18H,2-12,14-15H2,1H3,(H,21,22)/t17-/m0/s1. The van der Waals surface area contributed by atoms with Crippen molar-refractivity contribution in [2.75, 3.05) is 52.5 Å². The molecule has 1 amide bonds. The highest BCUT2D eigenvalue weighted by atomic mass is 16.5. The largest absolute Gasteiger partial charge is 0.378 e. The van der Waals surface area contributed by atoms with Gasteiger partial charge in [0.15, 0.2) is 0 Å². The lowest BCUT2D eigenvalue weighted by Gasteiger charge is -2.43. The summed E-state index contributed by atoms with van der Waals surface area (Å²) in [7, 11) is 0. The molecule has 3 aliphatic heterocycles. The summed E-state index contributed by atoms with van der Waals surface area (Å²) in [5, 5.41) is 0. The Morgan fingerprint density at radius 2 is 1.96 bits per heavy atom. The lowest BCUT2D eigenvalue weighted by Crippen LogP contribution is -2.52. The fraction of sp³-hybridized carbons (Fsp3) is 0.800. The first-order chi connectivity index (χ1) is 13.2. The molecule has 7 nitrogen and oxygen atoms in total. The molecule has 1 N–H and O–H groups in total. The van der Waals surface area contributed by atoms with Gasteiger partial charge in [-0.1, -0.05) is 0 Å². The van der Waals surface area contributed by atoms with Crippen LogP contribution in [0.15, 0.2) is 6.20 Å². The molecule has 150 valence electrons. The van der Waals surface area contributed by atoms with Crippen molar-refractivity contribution >= 4 is 5.91 Å². The molecule has 1 aromatic rings. The zero-order valence-electron chi connectivity index (χ0n) is 16.5. The van der Waals surface area contributed by atoms with Gasteiger partial charge in [0.25, 0.3) is 0 Å². The zero-order valence-corrected chi connectivity index (χ0v) is 16.5. The number of aryl methyl sites for hydroxylation is 1. The molecule has 1 aromatic heterocycles. The fourth-order valence-electron chi connectivity index (χ4n) is 4.78. The van der Waals surface area contributed by atoms with Crippen LogP contribution < -0.4 is 0 Å². The second-order valence-corrected chi connectivity index (χ2v) is 8.29. The number of imidazole rings is 1. The van der Waals surface area contributed by atoms with Gasteiger partial charge in [-0.15, -0.1) is 0 Å². The molecule has 7 heteroatoms. The molecule has 0 radical (unpaired) electrons. The van der Waals surface area contributed by atoms with Gasteiger partial charge >= 0.3 is 0 Å². The van der Waals surface area contributed by atoms with E-state index in [2.05, 4.69) is 19.8 Å². The Kier molecular flexibility index (Phi) is 6.10. The summed E-state index contributed by atoms with van der Waals surface area (Å²) in [6.45, 7) is 10.2. The van der Waals surface area contributed by atoms with Crippen LogP contribution >= 0.6 is 0 Å². The zero-order chi connectivity index (χ0) is 18.6. The minimum absolute atomic E-state index is 0.181. The predicted molar refractivity (Wildman–Crippen MR) is 103 cm³/mol. The summed E-state index contributed by atoms with van der Waals surface area (Å²) in [4.78, 5) is 27.7. The molecular weight excluding hydrogens is 342 g/mol. The number of amides is 1. The van der Waals surface area contributed by atoms with E-state index in [4.69, 9.17) is 4.74 Å². The van der Waals surface area contributed by atoms with Crippen molar-refractivity contribution in [3.8, 4) is 0 Å². The van der Waals surface area contributed by atoms with E-state index in [1.54, 1.807) is 0 Å². The number of aromatic nitrogens is 2. The highest BCUT2D eigenvalue weighted by Crippen LogP contribution is 2.25. The number of nitrogens with zero attached hydrogens (tertiary/aromatic N) is 4. The number of ether oxygens (including phenoxy) is 1. The van der Waals surface area contributed by atoms with E-state index >= 15 is 0 Å². The van der Waals surface area contributed by atoms with Gasteiger partial charge < -0.3 is 14.6 Å². The molecule has 27 heavy (non-hydrogen) atoms. The van der Waals surface area contributed by atoms with Crippen LogP contribution in [0.3, 0.4) is 0 Å². The van der Waals surface area contributed by atoms with E-state index < -0.39 is 0 Å². The topological polar surface area (TPSA) is 64.7 Å². The van der Waals surface area contributed by atoms with Crippen LogP contribution in [0.2, 0.25) is 0 Å². The smallest absolute Gasteiger partial charge is 0.227 e. The van der Waals surface area contributed by atoms with Crippen LogP contribution in [-0.2, 0) is 16.1 Å². The SMILES string of the molecule is Cc1cnc(CN2CCC(N3CCC[C@H](C(=O)N4CCOCC4)C3)CC2)[nH]1. The van der Waals surface area contributed by atoms with Gasteiger partial charge in [0.05, 0.1) is 25.7 Å². The minimum Gasteiger partial charge on any atom is -0.378 e. The summed E-state index contributed by atoms with van der Waals surface area (Å²) in [5.74, 6) is 1.61. The van der Waals surface area contributed by atoms with Gasteiger partial charge in [-0.05, 0) is 39.2 Å². The number of aromatic amines is 1. The molecule has 0 bridgehead atoms.